The summed E-state index contributed by atoms with van der Waals surface area (Å²) < 4.78 is 1.31. The summed E-state index contributed by atoms with van der Waals surface area (Å²) in [6.45, 7) is 2.05. The SMILES string of the molecule is C/C=C\C1=CC=C(Br)CC1. The topological polar surface area (TPSA) is 0 Å². The van der Waals surface area contributed by atoms with E-state index in [9.17, 15) is 0 Å². The summed E-state index contributed by atoms with van der Waals surface area (Å²) in [6, 6.07) is 0. The molecular formula is C9H11Br. The molecule has 0 heterocycles. The molecule has 1 rings (SSSR count). The quantitative estimate of drug-likeness (QED) is 0.605. The van der Waals surface area contributed by atoms with E-state index in [1.165, 1.54) is 16.5 Å². The van der Waals surface area contributed by atoms with Gasteiger partial charge in [0.05, 0.1) is 0 Å². The van der Waals surface area contributed by atoms with Gasteiger partial charge in [0.25, 0.3) is 0 Å². The van der Waals surface area contributed by atoms with Crippen LogP contribution in [0, 0.1) is 0 Å². The van der Waals surface area contributed by atoms with E-state index in [2.05, 4.69) is 40.2 Å². The molecule has 0 saturated heterocycles. The molecule has 1 aliphatic carbocycles. The number of halogens is 1. The third-order valence-electron chi connectivity index (χ3n) is 1.51. The van der Waals surface area contributed by atoms with Gasteiger partial charge in [0, 0.05) is 0 Å². The van der Waals surface area contributed by atoms with Crippen molar-refractivity contribution in [2.75, 3.05) is 0 Å². The van der Waals surface area contributed by atoms with Crippen LogP contribution in [0.4, 0.5) is 0 Å². The molecule has 0 saturated carbocycles. The van der Waals surface area contributed by atoms with Crippen LogP contribution in [0.1, 0.15) is 19.8 Å². The van der Waals surface area contributed by atoms with Crippen molar-refractivity contribution in [2.45, 2.75) is 19.8 Å². The maximum absolute atomic E-state index is 3.46. The van der Waals surface area contributed by atoms with Crippen LogP contribution in [-0.4, -0.2) is 0 Å². The minimum atomic E-state index is 1.15. The van der Waals surface area contributed by atoms with Gasteiger partial charge in [-0.3, -0.25) is 0 Å². The molecule has 0 bridgehead atoms. The van der Waals surface area contributed by atoms with Crippen molar-refractivity contribution < 1.29 is 0 Å². The highest BCUT2D eigenvalue weighted by atomic mass is 79.9. The lowest BCUT2D eigenvalue weighted by Crippen LogP contribution is -1.85. The van der Waals surface area contributed by atoms with Crippen LogP contribution in [-0.2, 0) is 0 Å². The number of allylic oxidation sites excluding steroid dienone is 6. The second-order valence-corrected chi connectivity index (χ2v) is 3.37. The van der Waals surface area contributed by atoms with E-state index in [0.29, 0.717) is 0 Å². The van der Waals surface area contributed by atoms with E-state index in [4.69, 9.17) is 0 Å². The second-order valence-electron chi connectivity index (χ2n) is 2.36. The molecule has 0 unspecified atom stereocenters. The van der Waals surface area contributed by atoms with Gasteiger partial charge < -0.3 is 0 Å². The lowest BCUT2D eigenvalue weighted by molar-refractivity contribution is 0.980. The molecule has 0 aromatic rings. The van der Waals surface area contributed by atoms with Crippen LogP contribution in [0.2, 0.25) is 0 Å². The van der Waals surface area contributed by atoms with Crippen LogP contribution >= 0.6 is 15.9 Å². The largest absolute Gasteiger partial charge is 0.0874 e. The number of rotatable bonds is 1. The number of hydrogen-bond acceptors (Lipinski definition) is 0. The second kappa shape index (κ2) is 3.77. The smallest absolute Gasteiger partial charge is 0.00460 e. The zero-order valence-corrected chi connectivity index (χ0v) is 7.69. The summed E-state index contributed by atoms with van der Waals surface area (Å²) in [5.41, 5.74) is 1.42. The molecule has 54 valence electrons. The summed E-state index contributed by atoms with van der Waals surface area (Å²) in [5.74, 6) is 0. The van der Waals surface area contributed by atoms with Crippen molar-refractivity contribution in [1.82, 2.24) is 0 Å². The van der Waals surface area contributed by atoms with Gasteiger partial charge in [-0.25, -0.2) is 0 Å². The van der Waals surface area contributed by atoms with Crippen molar-refractivity contribution in [1.29, 1.82) is 0 Å². The first-order valence-corrected chi connectivity index (χ1v) is 4.30. The van der Waals surface area contributed by atoms with Gasteiger partial charge in [0.1, 0.15) is 0 Å². The Morgan fingerprint density at radius 3 is 2.70 bits per heavy atom. The molecule has 1 aliphatic rings. The Kier molecular flexibility index (Phi) is 2.94. The molecule has 0 nitrogen and oxygen atoms in total. The minimum Gasteiger partial charge on any atom is -0.0874 e. The fourth-order valence-corrected chi connectivity index (χ4v) is 1.31. The summed E-state index contributed by atoms with van der Waals surface area (Å²) in [5, 5.41) is 0. The van der Waals surface area contributed by atoms with Gasteiger partial charge in [0.2, 0.25) is 0 Å². The third kappa shape index (κ3) is 2.14. The van der Waals surface area contributed by atoms with Crippen molar-refractivity contribution in [2.24, 2.45) is 0 Å². The summed E-state index contributed by atoms with van der Waals surface area (Å²) >= 11 is 3.46. The zero-order valence-electron chi connectivity index (χ0n) is 6.10. The fourth-order valence-electron chi connectivity index (χ4n) is 0.981. The monoisotopic (exact) mass is 198 g/mol. The minimum absolute atomic E-state index is 1.15. The first-order chi connectivity index (χ1) is 4.83. The average molecular weight is 199 g/mol. The van der Waals surface area contributed by atoms with Crippen LogP contribution in [0.15, 0.2) is 34.4 Å². The van der Waals surface area contributed by atoms with Gasteiger partial charge in [-0.05, 0) is 29.8 Å². The van der Waals surface area contributed by atoms with Crippen LogP contribution in [0.5, 0.6) is 0 Å². The molecule has 0 aromatic carbocycles. The van der Waals surface area contributed by atoms with Crippen LogP contribution in [0.25, 0.3) is 0 Å². The van der Waals surface area contributed by atoms with E-state index in [1.54, 1.807) is 0 Å². The normalized spacial score (nSPS) is 19.0. The molecule has 1 heteroatoms. The van der Waals surface area contributed by atoms with E-state index < -0.39 is 0 Å². The summed E-state index contributed by atoms with van der Waals surface area (Å²) in [4.78, 5) is 0. The Labute approximate surface area is 70.5 Å². The number of hydrogen-bond donors (Lipinski definition) is 0. The highest BCUT2D eigenvalue weighted by Gasteiger charge is 1.99. The predicted molar refractivity (Wildman–Crippen MR) is 49.1 cm³/mol. The van der Waals surface area contributed by atoms with Crippen LogP contribution in [0.3, 0.4) is 0 Å². The lowest BCUT2D eigenvalue weighted by Gasteiger charge is -2.05. The van der Waals surface area contributed by atoms with E-state index >= 15 is 0 Å². The van der Waals surface area contributed by atoms with Gasteiger partial charge in [-0.2, -0.15) is 0 Å². The molecule has 0 spiro atoms. The van der Waals surface area contributed by atoms with E-state index in [0.717, 1.165) is 6.42 Å². The maximum Gasteiger partial charge on any atom is -0.00460 e. The van der Waals surface area contributed by atoms with Crippen molar-refractivity contribution >= 4 is 15.9 Å². The molecule has 0 aliphatic heterocycles. The predicted octanol–water partition coefficient (Wildman–Crippen LogP) is 3.56. The molecule has 0 fully saturated rings. The Hall–Kier alpha value is -0.300. The van der Waals surface area contributed by atoms with Crippen molar-refractivity contribution in [3.8, 4) is 0 Å². The van der Waals surface area contributed by atoms with E-state index in [-0.39, 0.29) is 0 Å². The molecule has 0 atom stereocenters. The lowest BCUT2D eigenvalue weighted by atomic mass is 10.1. The first kappa shape index (κ1) is 7.80. The average Bonchev–Trinajstić information content (AvgIpc) is 1.95. The summed E-state index contributed by atoms with van der Waals surface area (Å²) in [7, 11) is 0. The van der Waals surface area contributed by atoms with Crippen molar-refractivity contribution in [3.05, 3.63) is 34.4 Å². The highest BCUT2D eigenvalue weighted by molar-refractivity contribution is 9.11. The molecular weight excluding hydrogens is 188 g/mol. The third-order valence-corrected chi connectivity index (χ3v) is 2.17. The van der Waals surface area contributed by atoms with Gasteiger partial charge in [-0.1, -0.05) is 40.2 Å². The van der Waals surface area contributed by atoms with Crippen LogP contribution < -0.4 is 0 Å². The van der Waals surface area contributed by atoms with Gasteiger partial charge >= 0.3 is 0 Å². The van der Waals surface area contributed by atoms with Gasteiger partial charge in [0.15, 0.2) is 0 Å². The zero-order chi connectivity index (χ0) is 7.40. The van der Waals surface area contributed by atoms with Crippen molar-refractivity contribution in [3.63, 3.8) is 0 Å². The first-order valence-electron chi connectivity index (χ1n) is 3.51. The Morgan fingerprint density at radius 1 is 1.40 bits per heavy atom. The highest BCUT2D eigenvalue weighted by Crippen LogP contribution is 2.22. The maximum atomic E-state index is 3.46. The molecule has 0 N–H and O–H groups in total. The standard InChI is InChI=1S/C9H11Br/c1-2-3-8-4-6-9(10)7-5-8/h2-4,6H,5,7H2,1H3/b3-2-. The molecule has 0 amide bonds. The Morgan fingerprint density at radius 2 is 2.20 bits per heavy atom. The molecule has 10 heavy (non-hydrogen) atoms. The summed E-state index contributed by atoms with van der Waals surface area (Å²) in [6.07, 6.45) is 10.8. The van der Waals surface area contributed by atoms with Gasteiger partial charge in [-0.15, -0.1) is 0 Å². The Balaban J connectivity index is 2.64. The Bertz CT molecular complexity index is 197. The molecule has 0 radical (unpaired) electrons. The molecule has 0 aromatic heterocycles. The van der Waals surface area contributed by atoms with E-state index in [1.807, 2.05) is 6.92 Å². The fraction of sp³-hybridized carbons (Fsp3) is 0.333.